The number of carbonyl (C=O) groups is 1. The third kappa shape index (κ3) is 3.80. The van der Waals surface area contributed by atoms with E-state index >= 15 is 0 Å². The normalized spacial score (nSPS) is 13.4. The summed E-state index contributed by atoms with van der Waals surface area (Å²) in [4.78, 5) is 14.8. The molecule has 0 spiro atoms. The van der Waals surface area contributed by atoms with Gasteiger partial charge in [-0.3, -0.25) is 4.79 Å². The molecule has 0 aliphatic carbocycles. The van der Waals surface area contributed by atoms with Gasteiger partial charge in [-0.25, -0.2) is 0 Å². The van der Waals surface area contributed by atoms with Crippen LogP contribution < -0.4 is 4.90 Å². The molecule has 5 nitrogen and oxygen atoms in total. The predicted molar refractivity (Wildman–Crippen MR) is 114 cm³/mol. The van der Waals surface area contributed by atoms with Gasteiger partial charge in [-0.05, 0) is 43.5 Å². The predicted octanol–water partition coefficient (Wildman–Crippen LogP) is 4.69. The van der Waals surface area contributed by atoms with Crippen LogP contribution in [0.4, 0.5) is 5.69 Å². The summed E-state index contributed by atoms with van der Waals surface area (Å²) in [6, 6.07) is 15.7. The van der Waals surface area contributed by atoms with Crippen LogP contribution in [0.5, 0.6) is 0 Å². The molecular formula is C21H21ClN4OS. The van der Waals surface area contributed by atoms with Gasteiger partial charge in [0.05, 0.1) is 5.75 Å². The third-order valence-corrected chi connectivity index (χ3v) is 6.04. The molecular weight excluding hydrogens is 392 g/mol. The number of benzene rings is 2. The molecule has 1 aromatic heterocycles. The fourth-order valence-electron chi connectivity index (χ4n) is 3.52. The van der Waals surface area contributed by atoms with Crippen molar-refractivity contribution >= 4 is 35.0 Å². The highest BCUT2D eigenvalue weighted by molar-refractivity contribution is 7.99. The van der Waals surface area contributed by atoms with E-state index in [4.69, 9.17) is 11.6 Å². The Kier molecular flexibility index (Phi) is 5.69. The van der Waals surface area contributed by atoms with Gasteiger partial charge < -0.3 is 9.47 Å². The monoisotopic (exact) mass is 412 g/mol. The van der Waals surface area contributed by atoms with Gasteiger partial charge in [0.15, 0.2) is 11.0 Å². The largest absolute Gasteiger partial charge is 0.311 e. The van der Waals surface area contributed by atoms with Gasteiger partial charge >= 0.3 is 0 Å². The molecule has 3 aromatic rings. The standard InChI is InChI=1S/C21H21ClN4OS/c1-2-25-20(16-8-5-10-17(22)13-16)23-24-21(25)28-14-19(27)26-12-6-9-15-7-3-4-11-18(15)26/h3-5,7-8,10-11,13H,2,6,9,12,14H2,1H3. The number of anilines is 1. The lowest BCUT2D eigenvalue weighted by Gasteiger charge is -2.29. The molecule has 0 atom stereocenters. The zero-order valence-electron chi connectivity index (χ0n) is 15.6. The Morgan fingerprint density at radius 3 is 2.86 bits per heavy atom. The molecule has 2 aromatic carbocycles. The quantitative estimate of drug-likeness (QED) is 0.570. The second-order valence-corrected chi connectivity index (χ2v) is 8.01. The summed E-state index contributed by atoms with van der Waals surface area (Å²) >= 11 is 7.55. The SMILES string of the molecule is CCn1c(SCC(=O)N2CCCc3ccccc32)nnc1-c1cccc(Cl)c1. The van der Waals surface area contributed by atoms with E-state index < -0.39 is 0 Å². The van der Waals surface area contributed by atoms with Gasteiger partial charge in [0.25, 0.3) is 0 Å². The fourth-order valence-corrected chi connectivity index (χ4v) is 4.59. The second kappa shape index (κ2) is 8.37. The fraction of sp³-hybridized carbons (Fsp3) is 0.286. The topological polar surface area (TPSA) is 51.0 Å². The molecule has 0 bridgehead atoms. The van der Waals surface area contributed by atoms with Gasteiger partial charge in [-0.15, -0.1) is 10.2 Å². The minimum atomic E-state index is 0.104. The van der Waals surface area contributed by atoms with Gasteiger partial charge in [-0.1, -0.05) is 53.7 Å². The summed E-state index contributed by atoms with van der Waals surface area (Å²) in [6.45, 7) is 3.53. The first-order valence-electron chi connectivity index (χ1n) is 9.37. The van der Waals surface area contributed by atoms with Crippen LogP contribution in [0.3, 0.4) is 0 Å². The number of hydrogen-bond acceptors (Lipinski definition) is 4. The average molecular weight is 413 g/mol. The summed E-state index contributed by atoms with van der Waals surface area (Å²) in [5, 5.41) is 10.1. The number of aromatic nitrogens is 3. The van der Waals surface area contributed by atoms with Gasteiger partial charge in [0.2, 0.25) is 5.91 Å². The Morgan fingerprint density at radius 2 is 2.04 bits per heavy atom. The van der Waals surface area contributed by atoms with E-state index in [0.29, 0.717) is 10.8 Å². The van der Waals surface area contributed by atoms with Crippen LogP contribution in [-0.4, -0.2) is 33.0 Å². The minimum absolute atomic E-state index is 0.104. The lowest BCUT2D eigenvalue weighted by molar-refractivity contribution is -0.116. The highest BCUT2D eigenvalue weighted by Gasteiger charge is 2.23. The molecule has 144 valence electrons. The van der Waals surface area contributed by atoms with Crippen LogP contribution in [0.25, 0.3) is 11.4 Å². The van der Waals surface area contributed by atoms with Crippen LogP contribution >= 0.6 is 23.4 Å². The van der Waals surface area contributed by atoms with Crippen LogP contribution in [-0.2, 0) is 17.8 Å². The molecule has 1 aliphatic rings. The molecule has 0 radical (unpaired) electrons. The maximum Gasteiger partial charge on any atom is 0.237 e. The minimum Gasteiger partial charge on any atom is -0.311 e. The maximum atomic E-state index is 12.9. The molecule has 1 aliphatic heterocycles. The Balaban J connectivity index is 1.51. The third-order valence-electron chi connectivity index (χ3n) is 4.85. The molecule has 2 heterocycles. The molecule has 0 unspecified atom stereocenters. The number of amides is 1. The average Bonchev–Trinajstić information content (AvgIpc) is 3.14. The highest BCUT2D eigenvalue weighted by Crippen LogP contribution is 2.29. The van der Waals surface area contributed by atoms with Crippen molar-refractivity contribution in [3.63, 3.8) is 0 Å². The summed E-state index contributed by atoms with van der Waals surface area (Å²) in [5.41, 5.74) is 3.20. The molecule has 0 fully saturated rings. The summed E-state index contributed by atoms with van der Waals surface area (Å²) in [5.74, 6) is 1.21. The van der Waals surface area contributed by atoms with Crippen molar-refractivity contribution in [2.75, 3.05) is 17.2 Å². The number of rotatable bonds is 5. The first-order valence-corrected chi connectivity index (χ1v) is 10.7. The van der Waals surface area contributed by atoms with Crippen molar-refractivity contribution in [3.8, 4) is 11.4 Å². The first kappa shape index (κ1) is 19.0. The number of thioether (sulfide) groups is 1. The van der Waals surface area contributed by atoms with Crippen molar-refractivity contribution in [3.05, 3.63) is 59.1 Å². The van der Waals surface area contributed by atoms with Crippen molar-refractivity contribution < 1.29 is 4.79 Å². The van der Waals surface area contributed by atoms with E-state index in [1.807, 2.05) is 58.9 Å². The Morgan fingerprint density at radius 1 is 1.18 bits per heavy atom. The number of para-hydroxylation sites is 1. The van der Waals surface area contributed by atoms with E-state index in [1.54, 1.807) is 0 Å². The first-order chi connectivity index (χ1) is 13.7. The van der Waals surface area contributed by atoms with E-state index in [1.165, 1.54) is 17.3 Å². The summed E-state index contributed by atoms with van der Waals surface area (Å²) in [7, 11) is 0. The van der Waals surface area contributed by atoms with Crippen LogP contribution in [0, 0.1) is 0 Å². The van der Waals surface area contributed by atoms with Crippen molar-refractivity contribution in [1.82, 2.24) is 14.8 Å². The molecule has 1 amide bonds. The number of nitrogens with zero attached hydrogens (tertiary/aromatic N) is 4. The summed E-state index contributed by atoms with van der Waals surface area (Å²) in [6.07, 6.45) is 2.03. The number of halogens is 1. The number of aryl methyl sites for hydroxylation is 1. The number of carbonyl (C=O) groups excluding carboxylic acids is 1. The van der Waals surface area contributed by atoms with Crippen LogP contribution in [0.2, 0.25) is 5.02 Å². The smallest absolute Gasteiger partial charge is 0.237 e. The molecule has 0 saturated carbocycles. The lowest BCUT2D eigenvalue weighted by atomic mass is 10.0. The van der Waals surface area contributed by atoms with E-state index in [2.05, 4.69) is 16.3 Å². The van der Waals surface area contributed by atoms with E-state index in [0.717, 1.165) is 48.2 Å². The Labute approximate surface area is 173 Å². The number of hydrogen-bond donors (Lipinski definition) is 0. The van der Waals surface area contributed by atoms with E-state index in [9.17, 15) is 4.79 Å². The molecule has 7 heteroatoms. The Hall–Kier alpha value is -2.31. The van der Waals surface area contributed by atoms with Crippen molar-refractivity contribution in [2.45, 2.75) is 31.5 Å². The van der Waals surface area contributed by atoms with Crippen molar-refractivity contribution in [2.24, 2.45) is 0 Å². The van der Waals surface area contributed by atoms with Crippen molar-refractivity contribution in [1.29, 1.82) is 0 Å². The lowest BCUT2D eigenvalue weighted by Crippen LogP contribution is -2.36. The molecule has 0 saturated heterocycles. The molecule has 4 rings (SSSR count). The van der Waals surface area contributed by atoms with Crippen LogP contribution in [0.15, 0.2) is 53.7 Å². The van der Waals surface area contributed by atoms with Gasteiger partial charge in [0.1, 0.15) is 0 Å². The zero-order chi connectivity index (χ0) is 19.5. The summed E-state index contributed by atoms with van der Waals surface area (Å²) < 4.78 is 2.02. The Bertz CT molecular complexity index is 1000. The maximum absolute atomic E-state index is 12.9. The second-order valence-electron chi connectivity index (χ2n) is 6.63. The highest BCUT2D eigenvalue weighted by atomic mass is 35.5. The van der Waals surface area contributed by atoms with Gasteiger partial charge in [-0.2, -0.15) is 0 Å². The molecule has 28 heavy (non-hydrogen) atoms. The molecule has 0 N–H and O–H groups in total. The number of fused-ring (bicyclic) bond motifs is 1. The van der Waals surface area contributed by atoms with E-state index in [-0.39, 0.29) is 5.91 Å². The zero-order valence-corrected chi connectivity index (χ0v) is 17.2. The van der Waals surface area contributed by atoms with Crippen LogP contribution in [0.1, 0.15) is 18.9 Å². The van der Waals surface area contributed by atoms with Gasteiger partial charge in [0, 0.05) is 29.4 Å².